The van der Waals surface area contributed by atoms with Crippen LogP contribution in [0.1, 0.15) is 39.7 Å². The number of halogens is 1. The third kappa shape index (κ3) is 4.07. The van der Waals surface area contributed by atoms with Crippen molar-refractivity contribution in [3.05, 3.63) is 29.6 Å². The van der Waals surface area contributed by atoms with Crippen molar-refractivity contribution in [1.82, 2.24) is 10.2 Å². The number of anilines is 1. The van der Waals surface area contributed by atoms with Crippen molar-refractivity contribution in [1.29, 1.82) is 0 Å². The summed E-state index contributed by atoms with van der Waals surface area (Å²) in [5, 5.41) is 2.45. The van der Waals surface area contributed by atoms with Crippen molar-refractivity contribution >= 4 is 23.6 Å². The number of nitrogens with one attached hydrogen (secondary N) is 1. The van der Waals surface area contributed by atoms with Gasteiger partial charge in [-0.05, 0) is 33.8 Å². The quantitative estimate of drug-likeness (QED) is 0.760. The van der Waals surface area contributed by atoms with E-state index >= 15 is 0 Å². The summed E-state index contributed by atoms with van der Waals surface area (Å²) >= 11 is 0. The van der Waals surface area contributed by atoms with Crippen molar-refractivity contribution in [3.8, 4) is 0 Å². The number of alkyl carbamates (subject to hydrolysis) is 1. The van der Waals surface area contributed by atoms with Crippen molar-refractivity contribution in [2.75, 3.05) is 12.8 Å². The summed E-state index contributed by atoms with van der Waals surface area (Å²) < 4.78 is 19.6. The topological polar surface area (TPSA) is 97.0 Å². The first-order chi connectivity index (χ1) is 11.4. The fourth-order valence-electron chi connectivity index (χ4n) is 2.51. The molecule has 0 aromatic heterocycles. The minimum absolute atomic E-state index is 0.00479. The van der Waals surface area contributed by atoms with E-state index in [2.05, 4.69) is 10.3 Å². The van der Waals surface area contributed by atoms with Crippen LogP contribution in [0.15, 0.2) is 23.2 Å². The molecule has 1 aromatic rings. The van der Waals surface area contributed by atoms with Crippen LogP contribution >= 0.6 is 0 Å². The number of rotatable bonds is 1. The fourth-order valence-corrected chi connectivity index (χ4v) is 2.51. The number of ether oxygens (including phenoxy) is 1. The van der Waals surface area contributed by atoms with E-state index in [0.29, 0.717) is 0 Å². The lowest BCUT2D eigenvalue weighted by Crippen LogP contribution is -2.52. The molecule has 1 atom stereocenters. The Hall–Kier alpha value is -2.64. The number of hydrogen-bond donors (Lipinski definition) is 2. The lowest BCUT2D eigenvalue weighted by Gasteiger charge is -2.35. The first-order valence-electron chi connectivity index (χ1n) is 7.84. The van der Waals surface area contributed by atoms with E-state index in [1.54, 1.807) is 33.8 Å². The van der Waals surface area contributed by atoms with Crippen molar-refractivity contribution in [2.24, 2.45) is 4.99 Å². The third-order valence-electron chi connectivity index (χ3n) is 3.76. The summed E-state index contributed by atoms with van der Waals surface area (Å²) in [6.45, 7) is 6.77. The molecule has 136 valence electrons. The molecule has 0 fully saturated rings. The Labute approximate surface area is 146 Å². The second kappa shape index (κ2) is 6.34. The van der Waals surface area contributed by atoms with Crippen molar-refractivity contribution < 1.29 is 18.7 Å². The highest BCUT2D eigenvalue weighted by molar-refractivity contribution is 6.05. The van der Waals surface area contributed by atoms with Gasteiger partial charge in [0.05, 0.1) is 17.6 Å². The molecule has 7 nitrogen and oxygen atoms in total. The van der Waals surface area contributed by atoms with Crippen LogP contribution in [0.4, 0.5) is 14.9 Å². The van der Waals surface area contributed by atoms with E-state index in [0.717, 1.165) is 0 Å². The average molecular weight is 350 g/mol. The average Bonchev–Trinajstić information content (AvgIpc) is 2.45. The molecule has 0 aliphatic carbocycles. The van der Waals surface area contributed by atoms with Crippen LogP contribution in [0, 0.1) is 5.82 Å². The van der Waals surface area contributed by atoms with Crippen LogP contribution in [0.25, 0.3) is 0 Å². The molecule has 1 aliphatic rings. The number of hydrogen-bond acceptors (Lipinski definition) is 5. The zero-order valence-electron chi connectivity index (χ0n) is 15.0. The minimum atomic E-state index is -1.19. The largest absolute Gasteiger partial charge is 0.444 e. The van der Waals surface area contributed by atoms with Gasteiger partial charge in [-0.25, -0.2) is 14.2 Å². The van der Waals surface area contributed by atoms with Crippen LogP contribution in [-0.4, -0.2) is 35.5 Å². The van der Waals surface area contributed by atoms with Crippen LogP contribution < -0.4 is 11.1 Å². The number of guanidine groups is 1. The normalized spacial score (nSPS) is 21.0. The summed E-state index contributed by atoms with van der Waals surface area (Å²) in [6.07, 6.45) is -0.799. The standard InChI is InChI=1S/C17H23FN4O3/c1-16(2,3)25-15(24)20-14-21-17(4,9-12(23)22(14)5)10-7-6-8-11(19)13(10)18/h6-8H,9,19H2,1-5H3,(H,20,21,24)/t17-/m0/s1. The zero-order chi connectivity index (χ0) is 19.0. The number of benzene rings is 1. The molecule has 2 amide bonds. The van der Waals surface area contributed by atoms with E-state index in [1.165, 1.54) is 24.1 Å². The van der Waals surface area contributed by atoms with Crippen LogP contribution in [0.5, 0.6) is 0 Å². The number of nitrogens with zero attached hydrogens (tertiary/aromatic N) is 2. The van der Waals surface area contributed by atoms with Gasteiger partial charge in [-0.1, -0.05) is 12.1 Å². The fraction of sp³-hybridized carbons (Fsp3) is 0.471. The molecule has 2 rings (SSSR count). The van der Waals surface area contributed by atoms with Gasteiger partial charge in [-0.3, -0.25) is 15.0 Å². The van der Waals surface area contributed by atoms with Gasteiger partial charge in [0.25, 0.3) is 0 Å². The SMILES string of the molecule is CN1C(=O)C[C@@](C)(c2cccc(N)c2F)N=C1NC(=O)OC(C)(C)C. The molecular formula is C17H23FN4O3. The molecule has 0 spiro atoms. The van der Waals surface area contributed by atoms with E-state index in [9.17, 15) is 14.0 Å². The Morgan fingerprint density at radius 2 is 2.08 bits per heavy atom. The van der Waals surface area contributed by atoms with E-state index < -0.39 is 23.1 Å². The van der Waals surface area contributed by atoms with Crippen LogP contribution in [-0.2, 0) is 15.1 Å². The van der Waals surface area contributed by atoms with Crippen molar-refractivity contribution in [3.63, 3.8) is 0 Å². The Morgan fingerprint density at radius 3 is 2.68 bits per heavy atom. The Kier molecular flexibility index (Phi) is 4.74. The molecule has 1 aliphatic heterocycles. The van der Waals surface area contributed by atoms with Gasteiger partial charge < -0.3 is 10.5 Å². The molecule has 1 aromatic carbocycles. The number of nitrogens with two attached hydrogens (primary N) is 1. The number of nitrogen functional groups attached to an aromatic ring is 1. The van der Waals surface area contributed by atoms with E-state index in [1.807, 2.05) is 0 Å². The van der Waals surface area contributed by atoms with Gasteiger partial charge in [-0.15, -0.1) is 0 Å². The second-order valence-corrected chi connectivity index (χ2v) is 7.17. The maximum Gasteiger partial charge on any atom is 0.414 e. The molecule has 1 heterocycles. The Bertz CT molecular complexity index is 742. The first-order valence-corrected chi connectivity index (χ1v) is 7.84. The molecule has 25 heavy (non-hydrogen) atoms. The summed E-state index contributed by atoms with van der Waals surface area (Å²) in [5.74, 6) is -0.942. The van der Waals surface area contributed by atoms with Gasteiger partial charge in [0.15, 0.2) is 5.82 Å². The number of aliphatic imine (C=N–C) groups is 1. The summed E-state index contributed by atoms with van der Waals surface area (Å²) in [6, 6.07) is 4.56. The molecule has 3 N–H and O–H groups in total. The van der Waals surface area contributed by atoms with E-state index in [-0.39, 0.29) is 29.5 Å². The molecule has 8 heteroatoms. The highest BCUT2D eigenvalue weighted by Crippen LogP contribution is 2.36. The Balaban J connectivity index is 2.40. The summed E-state index contributed by atoms with van der Waals surface area (Å²) in [5.41, 5.74) is 3.90. The zero-order valence-corrected chi connectivity index (χ0v) is 15.0. The van der Waals surface area contributed by atoms with Gasteiger partial charge in [0, 0.05) is 12.6 Å². The predicted octanol–water partition coefficient (Wildman–Crippen LogP) is 2.37. The second-order valence-electron chi connectivity index (χ2n) is 7.17. The number of carbonyl (C=O) groups is 2. The van der Waals surface area contributed by atoms with Gasteiger partial charge in [-0.2, -0.15) is 0 Å². The van der Waals surface area contributed by atoms with E-state index in [4.69, 9.17) is 10.5 Å². The van der Waals surface area contributed by atoms with Gasteiger partial charge in [0.2, 0.25) is 11.9 Å². The molecule has 0 saturated heterocycles. The molecule has 0 bridgehead atoms. The lowest BCUT2D eigenvalue weighted by molar-refractivity contribution is -0.128. The van der Waals surface area contributed by atoms with Gasteiger partial charge in [0.1, 0.15) is 5.60 Å². The number of amides is 2. The highest BCUT2D eigenvalue weighted by atomic mass is 19.1. The lowest BCUT2D eigenvalue weighted by atomic mass is 9.87. The minimum Gasteiger partial charge on any atom is -0.444 e. The number of carbonyl (C=O) groups excluding carboxylic acids is 2. The summed E-state index contributed by atoms with van der Waals surface area (Å²) in [7, 11) is 1.48. The first kappa shape index (κ1) is 18.7. The monoisotopic (exact) mass is 350 g/mol. The maximum atomic E-state index is 14.4. The summed E-state index contributed by atoms with van der Waals surface area (Å²) in [4.78, 5) is 30.0. The Morgan fingerprint density at radius 1 is 1.44 bits per heavy atom. The third-order valence-corrected chi connectivity index (χ3v) is 3.76. The smallest absolute Gasteiger partial charge is 0.414 e. The molecule has 0 unspecified atom stereocenters. The van der Waals surface area contributed by atoms with Crippen LogP contribution in [0.3, 0.4) is 0 Å². The predicted molar refractivity (Wildman–Crippen MR) is 92.4 cm³/mol. The molecule has 0 saturated carbocycles. The van der Waals surface area contributed by atoms with Gasteiger partial charge >= 0.3 is 6.09 Å². The molecule has 0 radical (unpaired) electrons. The molecular weight excluding hydrogens is 327 g/mol. The van der Waals surface area contributed by atoms with Crippen molar-refractivity contribution in [2.45, 2.75) is 45.3 Å². The maximum absolute atomic E-state index is 14.4. The highest BCUT2D eigenvalue weighted by Gasteiger charge is 2.39. The van der Waals surface area contributed by atoms with Crippen LogP contribution in [0.2, 0.25) is 0 Å².